The van der Waals surface area contributed by atoms with Gasteiger partial charge in [-0.25, -0.2) is 9.89 Å². The minimum absolute atomic E-state index is 0.217. The predicted octanol–water partition coefficient (Wildman–Crippen LogP) is 2.69. The zero-order chi connectivity index (χ0) is 21.0. The van der Waals surface area contributed by atoms with Crippen molar-refractivity contribution in [1.29, 1.82) is 0 Å². The van der Waals surface area contributed by atoms with Crippen molar-refractivity contribution in [3.05, 3.63) is 62.6 Å². The Bertz CT molecular complexity index is 959. The second kappa shape index (κ2) is 9.03. The van der Waals surface area contributed by atoms with Crippen LogP contribution in [0.15, 0.2) is 29.1 Å². The molecule has 7 nitrogen and oxygen atoms in total. The Morgan fingerprint density at radius 2 is 1.86 bits per heavy atom. The molecule has 0 atom stereocenters. The molecule has 0 bridgehead atoms. The van der Waals surface area contributed by atoms with Crippen LogP contribution in [0.3, 0.4) is 0 Å². The lowest BCUT2D eigenvalue weighted by molar-refractivity contribution is 0.0687. The Morgan fingerprint density at radius 3 is 2.48 bits per heavy atom. The molecule has 1 fully saturated rings. The Balaban J connectivity index is 1.71. The van der Waals surface area contributed by atoms with E-state index in [1.807, 2.05) is 26.0 Å². The van der Waals surface area contributed by atoms with Gasteiger partial charge in [-0.15, -0.1) is 0 Å². The number of likely N-dealkylation sites (tertiary alicyclic amines) is 1. The van der Waals surface area contributed by atoms with E-state index in [0.717, 1.165) is 29.7 Å². The van der Waals surface area contributed by atoms with Gasteiger partial charge in [-0.1, -0.05) is 32.0 Å². The summed E-state index contributed by atoms with van der Waals surface area (Å²) >= 11 is 0. The number of hydrogen-bond donors (Lipinski definition) is 2. The van der Waals surface area contributed by atoms with Crippen LogP contribution in [0.25, 0.3) is 0 Å². The molecule has 7 heteroatoms. The molecule has 2 N–H and O–H groups in total. The first-order valence-corrected chi connectivity index (χ1v) is 10.2. The van der Waals surface area contributed by atoms with E-state index in [0.29, 0.717) is 43.8 Å². The molecule has 29 heavy (non-hydrogen) atoms. The summed E-state index contributed by atoms with van der Waals surface area (Å²) in [5.41, 5.74) is 2.45. The van der Waals surface area contributed by atoms with Crippen molar-refractivity contribution in [3.63, 3.8) is 0 Å². The molecule has 1 amide bonds. The SMILES string of the molecule is CCc1n[nH]c(=O)c(C(=O)N2CCC(Cc3ccccc3C(=O)O)CC2)c1CC. The van der Waals surface area contributed by atoms with Crippen LogP contribution in [-0.2, 0) is 19.3 Å². The molecular formula is C22H27N3O4. The maximum Gasteiger partial charge on any atom is 0.335 e. The number of carboxylic acids is 1. The van der Waals surface area contributed by atoms with Gasteiger partial charge in [0.2, 0.25) is 0 Å². The lowest BCUT2D eigenvalue weighted by atomic mass is 9.88. The highest BCUT2D eigenvalue weighted by Gasteiger charge is 2.28. The number of hydrogen-bond acceptors (Lipinski definition) is 4. The summed E-state index contributed by atoms with van der Waals surface area (Å²) in [4.78, 5) is 38.6. The van der Waals surface area contributed by atoms with Crippen molar-refractivity contribution < 1.29 is 14.7 Å². The number of aromatic nitrogens is 2. The Labute approximate surface area is 169 Å². The summed E-state index contributed by atoms with van der Waals surface area (Å²) in [6.45, 7) is 5.00. The van der Waals surface area contributed by atoms with Crippen LogP contribution in [0.2, 0.25) is 0 Å². The van der Waals surface area contributed by atoms with Gasteiger partial charge in [0.1, 0.15) is 5.56 Å². The molecule has 0 spiro atoms. The normalized spacial score (nSPS) is 14.8. The molecule has 1 aliphatic rings. The highest BCUT2D eigenvalue weighted by atomic mass is 16.4. The lowest BCUT2D eigenvalue weighted by Gasteiger charge is -2.32. The number of carbonyl (C=O) groups is 2. The summed E-state index contributed by atoms with van der Waals surface area (Å²) in [6, 6.07) is 7.07. The first kappa shape index (κ1) is 20.8. The third-order valence-electron chi connectivity index (χ3n) is 5.73. The minimum atomic E-state index is -0.913. The van der Waals surface area contributed by atoms with Crippen LogP contribution >= 0.6 is 0 Å². The monoisotopic (exact) mass is 397 g/mol. The fraction of sp³-hybridized carbons (Fsp3) is 0.455. The first-order valence-electron chi connectivity index (χ1n) is 10.2. The average molecular weight is 397 g/mol. The average Bonchev–Trinajstić information content (AvgIpc) is 2.73. The number of aryl methyl sites for hydroxylation is 1. The van der Waals surface area contributed by atoms with Crippen molar-refractivity contribution >= 4 is 11.9 Å². The van der Waals surface area contributed by atoms with E-state index in [9.17, 15) is 19.5 Å². The number of nitrogens with zero attached hydrogens (tertiary/aromatic N) is 2. The highest BCUT2D eigenvalue weighted by molar-refractivity contribution is 5.95. The standard InChI is InChI=1S/C22H27N3O4/c1-3-16-18(4-2)23-24-20(26)19(16)21(27)25-11-9-14(10-12-25)13-15-7-5-6-8-17(15)22(28)29/h5-8,14H,3-4,9-13H2,1-2H3,(H,24,26)(H,28,29). The van der Waals surface area contributed by atoms with Gasteiger partial charge in [-0.3, -0.25) is 9.59 Å². The van der Waals surface area contributed by atoms with E-state index in [1.54, 1.807) is 17.0 Å². The zero-order valence-electron chi connectivity index (χ0n) is 16.9. The summed E-state index contributed by atoms with van der Waals surface area (Å²) < 4.78 is 0. The fourth-order valence-corrected chi connectivity index (χ4v) is 4.14. The molecule has 1 saturated heterocycles. The van der Waals surface area contributed by atoms with Gasteiger partial charge < -0.3 is 10.0 Å². The third-order valence-corrected chi connectivity index (χ3v) is 5.73. The van der Waals surface area contributed by atoms with E-state index in [2.05, 4.69) is 10.2 Å². The van der Waals surface area contributed by atoms with E-state index >= 15 is 0 Å². The minimum Gasteiger partial charge on any atom is -0.478 e. The van der Waals surface area contributed by atoms with Crippen molar-refractivity contribution in [2.75, 3.05) is 13.1 Å². The molecule has 1 aromatic heterocycles. The number of aromatic carboxylic acids is 1. The number of carbonyl (C=O) groups excluding carboxylic acids is 1. The van der Waals surface area contributed by atoms with Gasteiger partial charge in [-0.2, -0.15) is 5.10 Å². The summed E-state index contributed by atoms with van der Waals surface area (Å²) in [5, 5.41) is 15.9. The van der Waals surface area contributed by atoms with Crippen LogP contribution < -0.4 is 5.56 Å². The summed E-state index contributed by atoms with van der Waals surface area (Å²) in [7, 11) is 0. The van der Waals surface area contributed by atoms with Crippen LogP contribution in [-0.4, -0.2) is 45.2 Å². The molecule has 1 aliphatic heterocycles. The van der Waals surface area contributed by atoms with E-state index in [-0.39, 0.29) is 11.5 Å². The second-order valence-electron chi connectivity index (χ2n) is 7.46. The number of benzene rings is 1. The van der Waals surface area contributed by atoms with E-state index < -0.39 is 11.5 Å². The van der Waals surface area contributed by atoms with Gasteiger partial charge >= 0.3 is 5.97 Å². The smallest absolute Gasteiger partial charge is 0.335 e. The van der Waals surface area contributed by atoms with E-state index in [1.165, 1.54) is 0 Å². The Kier molecular flexibility index (Phi) is 6.46. The van der Waals surface area contributed by atoms with Gasteiger partial charge in [0.05, 0.1) is 11.3 Å². The molecule has 0 aliphatic carbocycles. The second-order valence-corrected chi connectivity index (χ2v) is 7.46. The molecule has 1 aromatic carbocycles. The quantitative estimate of drug-likeness (QED) is 0.780. The van der Waals surface area contributed by atoms with Crippen molar-refractivity contribution in [3.8, 4) is 0 Å². The van der Waals surface area contributed by atoms with E-state index in [4.69, 9.17) is 0 Å². The van der Waals surface area contributed by atoms with Crippen LogP contribution in [0, 0.1) is 5.92 Å². The Morgan fingerprint density at radius 1 is 1.17 bits per heavy atom. The molecule has 154 valence electrons. The maximum atomic E-state index is 13.1. The topological polar surface area (TPSA) is 103 Å². The number of aromatic amines is 1. The van der Waals surface area contributed by atoms with Gasteiger partial charge in [0.25, 0.3) is 11.5 Å². The van der Waals surface area contributed by atoms with Crippen molar-refractivity contribution in [2.24, 2.45) is 5.92 Å². The Hall–Kier alpha value is -2.96. The number of amides is 1. The lowest BCUT2D eigenvalue weighted by Crippen LogP contribution is -2.42. The number of H-pyrrole nitrogens is 1. The van der Waals surface area contributed by atoms with Crippen LogP contribution in [0.1, 0.15) is 64.2 Å². The largest absolute Gasteiger partial charge is 0.478 e. The molecule has 2 aromatic rings. The van der Waals surface area contributed by atoms with Crippen LogP contribution in [0.4, 0.5) is 0 Å². The maximum absolute atomic E-state index is 13.1. The first-order chi connectivity index (χ1) is 14.0. The van der Waals surface area contributed by atoms with Crippen molar-refractivity contribution in [1.82, 2.24) is 15.1 Å². The molecule has 0 unspecified atom stereocenters. The summed E-state index contributed by atoms with van der Waals surface area (Å²) in [6.07, 6.45) is 3.49. The molecular weight excluding hydrogens is 370 g/mol. The number of rotatable bonds is 6. The fourth-order valence-electron chi connectivity index (χ4n) is 4.14. The number of nitrogens with one attached hydrogen (secondary N) is 1. The number of carboxylic acid groups (broad SMARTS) is 1. The predicted molar refractivity (Wildman–Crippen MR) is 109 cm³/mol. The summed E-state index contributed by atoms with van der Waals surface area (Å²) in [5.74, 6) is -0.833. The van der Waals surface area contributed by atoms with Gasteiger partial charge in [0.15, 0.2) is 0 Å². The van der Waals surface area contributed by atoms with Gasteiger partial charge in [0, 0.05) is 13.1 Å². The highest BCUT2D eigenvalue weighted by Crippen LogP contribution is 2.25. The molecule has 3 rings (SSSR count). The van der Waals surface area contributed by atoms with Gasteiger partial charge in [-0.05, 0) is 55.2 Å². The third kappa shape index (κ3) is 4.39. The molecule has 2 heterocycles. The van der Waals surface area contributed by atoms with Crippen LogP contribution in [0.5, 0.6) is 0 Å². The van der Waals surface area contributed by atoms with Crippen molar-refractivity contribution in [2.45, 2.75) is 46.0 Å². The number of piperidine rings is 1. The zero-order valence-corrected chi connectivity index (χ0v) is 16.9. The molecule has 0 saturated carbocycles. The molecule has 0 radical (unpaired) electrons.